The van der Waals surface area contributed by atoms with Crippen LogP contribution in [0.25, 0.3) is 0 Å². The topological polar surface area (TPSA) is 79.3 Å². The van der Waals surface area contributed by atoms with Crippen LogP contribution in [0.2, 0.25) is 0 Å². The molecule has 0 spiro atoms. The van der Waals surface area contributed by atoms with Crippen LogP contribution < -0.4 is 0 Å². The van der Waals surface area contributed by atoms with Gasteiger partial charge in [0, 0.05) is 50.8 Å². The molecule has 136 valence electrons. The second-order valence-corrected chi connectivity index (χ2v) is 6.79. The first-order valence-electron chi connectivity index (χ1n) is 8.76. The maximum Gasteiger partial charge on any atom is 0.272 e. The van der Waals surface area contributed by atoms with Crippen LogP contribution in [0.4, 0.5) is 0 Å². The fourth-order valence-electron chi connectivity index (χ4n) is 3.24. The summed E-state index contributed by atoms with van der Waals surface area (Å²) in [5, 5.41) is 0. The largest absolute Gasteiger partial charge is 0.343 e. The van der Waals surface area contributed by atoms with Gasteiger partial charge in [-0.05, 0) is 43.4 Å². The minimum atomic E-state index is -0.133. The Bertz CT molecular complexity index is 779. The zero-order valence-corrected chi connectivity index (χ0v) is 15.1. The van der Waals surface area contributed by atoms with Crippen molar-refractivity contribution in [2.45, 2.75) is 19.3 Å². The van der Waals surface area contributed by atoms with Gasteiger partial charge in [-0.3, -0.25) is 14.6 Å². The van der Waals surface area contributed by atoms with Crippen LogP contribution in [0.5, 0.6) is 0 Å². The lowest BCUT2D eigenvalue weighted by atomic mass is 9.92. The molecule has 2 aromatic rings. The first-order valence-corrected chi connectivity index (χ1v) is 8.76. The van der Waals surface area contributed by atoms with Crippen molar-refractivity contribution in [1.82, 2.24) is 24.8 Å². The van der Waals surface area contributed by atoms with Gasteiger partial charge >= 0.3 is 0 Å². The highest BCUT2D eigenvalue weighted by Gasteiger charge is 2.25. The maximum absolute atomic E-state index is 12.6. The highest BCUT2D eigenvalue weighted by molar-refractivity contribution is 5.94. The highest BCUT2D eigenvalue weighted by atomic mass is 16.2. The Kier molecular flexibility index (Phi) is 5.55. The van der Waals surface area contributed by atoms with Gasteiger partial charge in [-0.1, -0.05) is 0 Å². The fraction of sp³-hybridized carbons (Fsp3) is 0.421. The van der Waals surface area contributed by atoms with Gasteiger partial charge in [0.1, 0.15) is 12.0 Å². The van der Waals surface area contributed by atoms with Crippen LogP contribution in [0, 0.1) is 5.92 Å². The third-order valence-electron chi connectivity index (χ3n) is 4.58. The number of amides is 2. The van der Waals surface area contributed by atoms with E-state index in [2.05, 4.69) is 15.0 Å². The predicted molar refractivity (Wildman–Crippen MR) is 96.6 cm³/mol. The molecule has 3 heterocycles. The number of carbonyl (C=O) groups is 2. The first kappa shape index (κ1) is 18.0. The van der Waals surface area contributed by atoms with E-state index in [1.807, 2.05) is 4.90 Å². The molecule has 1 atom stereocenters. The molecule has 0 aliphatic carbocycles. The third-order valence-corrected chi connectivity index (χ3v) is 4.58. The van der Waals surface area contributed by atoms with Gasteiger partial charge in [0.05, 0.1) is 0 Å². The van der Waals surface area contributed by atoms with Crippen molar-refractivity contribution in [3.05, 3.63) is 53.9 Å². The lowest BCUT2D eigenvalue weighted by Gasteiger charge is -2.32. The summed E-state index contributed by atoms with van der Waals surface area (Å²) in [6, 6.07) is 5.25. The summed E-state index contributed by atoms with van der Waals surface area (Å²) in [6.07, 6.45) is 7.46. The van der Waals surface area contributed by atoms with Gasteiger partial charge < -0.3 is 9.80 Å². The van der Waals surface area contributed by atoms with Crippen molar-refractivity contribution >= 4 is 11.8 Å². The number of pyridine rings is 1. The maximum atomic E-state index is 12.6. The molecule has 1 aliphatic rings. The third kappa shape index (κ3) is 4.22. The number of likely N-dealkylation sites (tertiary alicyclic amines) is 1. The van der Waals surface area contributed by atoms with E-state index in [1.54, 1.807) is 44.7 Å². The molecule has 0 radical (unpaired) electrons. The predicted octanol–water partition coefficient (Wildman–Crippen LogP) is 1.67. The Balaban J connectivity index is 1.66. The quantitative estimate of drug-likeness (QED) is 0.835. The molecule has 7 heteroatoms. The summed E-state index contributed by atoms with van der Waals surface area (Å²) >= 11 is 0. The van der Waals surface area contributed by atoms with Crippen LogP contribution in [-0.2, 0) is 6.42 Å². The molecule has 0 unspecified atom stereocenters. The number of hydrogen-bond donors (Lipinski definition) is 0. The average Bonchev–Trinajstić information content (AvgIpc) is 2.68. The Morgan fingerprint density at radius 3 is 2.73 bits per heavy atom. The van der Waals surface area contributed by atoms with Gasteiger partial charge in [0.25, 0.3) is 11.8 Å². The molecule has 26 heavy (non-hydrogen) atoms. The normalized spacial score (nSPS) is 17.0. The fourth-order valence-corrected chi connectivity index (χ4v) is 3.24. The van der Waals surface area contributed by atoms with Crippen molar-refractivity contribution < 1.29 is 9.59 Å². The molecule has 0 saturated carbocycles. The van der Waals surface area contributed by atoms with Crippen LogP contribution in [0.15, 0.2) is 36.9 Å². The molecule has 0 aromatic carbocycles. The number of aromatic nitrogens is 3. The first-order chi connectivity index (χ1) is 12.5. The van der Waals surface area contributed by atoms with Crippen LogP contribution >= 0.6 is 0 Å². The molecule has 1 saturated heterocycles. The summed E-state index contributed by atoms with van der Waals surface area (Å²) in [5.41, 5.74) is 1.91. The molecule has 1 fully saturated rings. The Morgan fingerprint density at radius 2 is 2.00 bits per heavy atom. The van der Waals surface area contributed by atoms with E-state index in [-0.39, 0.29) is 11.8 Å². The van der Waals surface area contributed by atoms with E-state index < -0.39 is 0 Å². The molecule has 2 aromatic heterocycles. The van der Waals surface area contributed by atoms with Gasteiger partial charge in [-0.15, -0.1) is 0 Å². The average molecular weight is 353 g/mol. The number of hydrogen-bond acceptors (Lipinski definition) is 5. The van der Waals surface area contributed by atoms with Crippen molar-refractivity contribution in [3.63, 3.8) is 0 Å². The zero-order chi connectivity index (χ0) is 18.5. The molecule has 1 aliphatic heterocycles. The second-order valence-electron chi connectivity index (χ2n) is 6.79. The van der Waals surface area contributed by atoms with Crippen molar-refractivity contribution in [1.29, 1.82) is 0 Å². The van der Waals surface area contributed by atoms with Crippen LogP contribution in [0.1, 0.15) is 39.4 Å². The van der Waals surface area contributed by atoms with Gasteiger partial charge in [-0.25, -0.2) is 9.97 Å². The summed E-state index contributed by atoms with van der Waals surface area (Å²) in [4.78, 5) is 40.4. The standard InChI is InChI=1S/C19H23N5O2/c1-23(2)19(26)17-11-16(21-13-22-17)10-14-4-3-9-24(12-14)18(25)15-5-7-20-8-6-15/h5-8,11,13-14H,3-4,9-10,12H2,1-2H3/t14-/m0/s1. The Hall–Kier alpha value is -2.83. The highest BCUT2D eigenvalue weighted by Crippen LogP contribution is 2.22. The van der Waals surface area contributed by atoms with E-state index in [1.165, 1.54) is 11.2 Å². The lowest BCUT2D eigenvalue weighted by molar-refractivity contribution is 0.0672. The minimum Gasteiger partial charge on any atom is -0.343 e. The van der Waals surface area contributed by atoms with Crippen molar-refractivity contribution in [2.75, 3.05) is 27.2 Å². The number of rotatable bonds is 4. The van der Waals surface area contributed by atoms with E-state index in [0.29, 0.717) is 23.7 Å². The number of nitrogens with zero attached hydrogens (tertiary/aromatic N) is 5. The molecule has 0 bridgehead atoms. The molecular formula is C19H23N5O2. The number of piperidine rings is 1. The van der Waals surface area contributed by atoms with E-state index >= 15 is 0 Å². The molecule has 2 amide bonds. The Morgan fingerprint density at radius 1 is 1.23 bits per heavy atom. The van der Waals surface area contributed by atoms with Gasteiger partial charge in [0.2, 0.25) is 0 Å². The monoisotopic (exact) mass is 353 g/mol. The molecular weight excluding hydrogens is 330 g/mol. The van der Waals surface area contributed by atoms with Crippen molar-refractivity contribution in [2.24, 2.45) is 5.92 Å². The summed E-state index contributed by atoms with van der Waals surface area (Å²) in [6.45, 7) is 1.47. The lowest BCUT2D eigenvalue weighted by Crippen LogP contribution is -2.40. The molecule has 0 N–H and O–H groups in total. The zero-order valence-electron chi connectivity index (χ0n) is 15.1. The minimum absolute atomic E-state index is 0.0447. The van der Waals surface area contributed by atoms with Crippen molar-refractivity contribution in [3.8, 4) is 0 Å². The smallest absolute Gasteiger partial charge is 0.272 e. The van der Waals surface area contributed by atoms with Crippen LogP contribution in [0.3, 0.4) is 0 Å². The molecule has 3 rings (SSSR count). The van der Waals surface area contributed by atoms with Gasteiger partial charge in [-0.2, -0.15) is 0 Å². The summed E-state index contributed by atoms with van der Waals surface area (Å²) in [5.74, 6) is 0.238. The summed E-state index contributed by atoms with van der Waals surface area (Å²) < 4.78 is 0. The summed E-state index contributed by atoms with van der Waals surface area (Å²) in [7, 11) is 3.40. The van der Waals surface area contributed by atoms with Crippen LogP contribution in [-0.4, -0.2) is 63.8 Å². The number of carbonyl (C=O) groups excluding carboxylic acids is 2. The Labute approximate surface area is 153 Å². The van der Waals surface area contributed by atoms with Gasteiger partial charge in [0.15, 0.2) is 0 Å². The van der Waals surface area contributed by atoms with E-state index in [9.17, 15) is 9.59 Å². The second kappa shape index (κ2) is 8.03. The van der Waals surface area contributed by atoms with E-state index in [4.69, 9.17) is 0 Å². The molecule has 7 nitrogen and oxygen atoms in total. The van der Waals surface area contributed by atoms with E-state index in [0.717, 1.165) is 31.5 Å². The SMILES string of the molecule is CN(C)C(=O)c1cc(C[C@@H]2CCCN(C(=O)c3ccncc3)C2)ncn1.